The first-order chi connectivity index (χ1) is 13.6. The average Bonchev–Trinajstić information content (AvgIpc) is 3.32. The molecule has 0 spiro atoms. The van der Waals surface area contributed by atoms with Gasteiger partial charge in [0.2, 0.25) is 5.91 Å². The normalized spacial score (nSPS) is 17.2. The maximum absolute atomic E-state index is 11.8. The highest BCUT2D eigenvalue weighted by Crippen LogP contribution is 2.17. The molecule has 3 N–H and O–H groups in total. The molecule has 0 radical (unpaired) electrons. The molecule has 3 heterocycles. The van der Waals surface area contributed by atoms with Crippen molar-refractivity contribution in [1.29, 1.82) is 0 Å². The zero-order chi connectivity index (χ0) is 19.9. The van der Waals surface area contributed by atoms with Crippen molar-refractivity contribution >= 4 is 28.7 Å². The lowest BCUT2D eigenvalue weighted by molar-refractivity contribution is -0.129. The van der Waals surface area contributed by atoms with Crippen molar-refractivity contribution in [3.63, 3.8) is 0 Å². The first-order valence-corrected chi connectivity index (χ1v) is 9.81. The second-order valence-corrected chi connectivity index (χ2v) is 6.74. The molecule has 10 heteroatoms. The van der Waals surface area contributed by atoms with Gasteiger partial charge >= 0.3 is 0 Å². The molecule has 28 heavy (non-hydrogen) atoms. The fourth-order valence-electron chi connectivity index (χ4n) is 3.29. The molecule has 2 aromatic rings. The molecule has 2 aromatic heterocycles. The van der Waals surface area contributed by atoms with Gasteiger partial charge in [-0.25, -0.2) is 9.97 Å². The molecule has 1 saturated heterocycles. The van der Waals surface area contributed by atoms with Crippen LogP contribution >= 0.6 is 0 Å². The molecular formula is C18H29N9O. The summed E-state index contributed by atoms with van der Waals surface area (Å²) >= 11 is 0. The predicted octanol–water partition coefficient (Wildman–Crippen LogP) is 0.341. The van der Waals surface area contributed by atoms with E-state index in [0.29, 0.717) is 19.5 Å². The van der Waals surface area contributed by atoms with Crippen molar-refractivity contribution in [3.05, 3.63) is 12.5 Å². The number of carbonyl (C=O) groups is 1. The van der Waals surface area contributed by atoms with Gasteiger partial charge in [0.25, 0.3) is 0 Å². The van der Waals surface area contributed by atoms with E-state index in [1.807, 2.05) is 25.8 Å². The van der Waals surface area contributed by atoms with Gasteiger partial charge in [-0.3, -0.25) is 14.5 Å². The number of likely N-dealkylation sites (tertiary alicyclic amines) is 1. The van der Waals surface area contributed by atoms with Gasteiger partial charge in [0, 0.05) is 45.7 Å². The van der Waals surface area contributed by atoms with Crippen LogP contribution in [-0.4, -0.2) is 75.3 Å². The Hall–Kier alpha value is -2.91. The topological polar surface area (TPSA) is 112 Å². The molecule has 0 saturated carbocycles. The van der Waals surface area contributed by atoms with Gasteiger partial charge in [-0.1, -0.05) is 6.92 Å². The molecular weight excluding hydrogens is 358 g/mol. The molecule has 1 aliphatic rings. The number of fused-ring (bicyclic) bond motifs is 1. The Morgan fingerprint density at radius 2 is 2.21 bits per heavy atom. The van der Waals surface area contributed by atoms with Crippen molar-refractivity contribution in [2.24, 2.45) is 12.0 Å². The van der Waals surface area contributed by atoms with Crippen LogP contribution in [0.25, 0.3) is 11.0 Å². The van der Waals surface area contributed by atoms with Crippen LogP contribution in [0.3, 0.4) is 0 Å². The van der Waals surface area contributed by atoms with Gasteiger partial charge in [-0.2, -0.15) is 5.10 Å². The summed E-state index contributed by atoms with van der Waals surface area (Å²) in [5, 5.41) is 15.1. The highest BCUT2D eigenvalue weighted by molar-refractivity contribution is 5.86. The number of hydrogen-bond acceptors (Lipinski definition) is 6. The first-order valence-electron chi connectivity index (χ1n) is 9.81. The molecule has 152 valence electrons. The van der Waals surface area contributed by atoms with Crippen molar-refractivity contribution < 1.29 is 4.79 Å². The smallest absolute Gasteiger partial charge is 0.222 e. The van der Waals surface area contributed by atoms with E-state index in [9.17, 15) is 4.79 Å². The van der Waals surface area contributed by atoms with Gasteiger partial charge in [-0.05, 0) is 13.3 Å². The van der Waals surface area contributed by atoms with Crippen LogP contribution in [0.4, 0.5) is 5.82 Å². The summed E-state index contributed by atoms with van der Waals surface area (Å²) in [5.74, 6) is 1.74. The lowest BCUT2D eigenvalue weighted by Gasteiger charge is -2.18. The second kappa shape index (κ2) is 9.34. The highest BCUT2D eigenvalue weighted by Gasteiger charge is 2.25. The van der Waals surface area contributed by atoms with Gasteiger partial charge < -0.3 is 20.9 Å². The molecule has 3 rings (SSSR count). The van der Waals surface area contributed by atoms with Crippen LogP contribution in [0.1, 0.15) is 26.7 Å². The van der Waals surface area contributed by atoms with E-state index >= 15 is 0 Å². The van der Waals surface area contributed by atoms with E-state index in [1.165, 1.54) is 6.33 Å². The Kier molecular flexibility index (Phi) is 6.62. The Morgan fingerprint density at radius 1 is 1.36 bits per heavy atom. The molecule has 10 nitrogen and oxygen atoms in total. The number of nitrogens with zero attached hydrogens (tertiary/aromatic N) is 6. The quantitative estimate of drug-likeness (QED) is 0.357. The molecule has 1 aliphatic heterocycles. The Labute approximate surface area is 164 Å². The van der Waals surface area contributed by atoms with Crippen LogP contribution in [0, 0.1) is 0 Å². The van der Waals surface area contributed by atoms with Crippen molar-refractivity contribution in [1.82, 2.24) is 35.3 Å². The molecule has 0 aromatic carbocycles. The van der Waals surface area contributed by atoms with Crippen LogP contribution in [0.2, 0.25) is 0 Å². The summed E-state index contributed by atoms with van der Waals surface area (Å²) < 4.78 is 1.72. The van der Waals surface area contributed by atoms with Crippen LogP contribution < -0.4 is 16.0 Å². The maximum Gasteiger partial charge on any atom is 0.222 e. The number of guanidine groups is 1. The van der Waals surface area contributed by atoms with E-state index in [0.717, 1.165) is 48.9 Å². The molecule has 1 atom stereocenters. The van der Waals surface area contributed by atoms with Crippen LogP contribution in [0.5, 0.6) is 0 Å². The van der Waals surface area contributed by atoms with E-state index < -0.39 is 0 Å². The minimum absolute atomic E-state index is 0.210. The fraction of sp³-hybridized carbons (Fsp3) is 0.611. The summed E-state index contributed by atoms with van der Waals surface area (Å²) in [6.45, 7) is 7.49. The number of hydrogen-bond donors (Lipinski definition) is 3. The van der Waals surface area contributed by atoms with E-state index in [-0.39, 0.29) is 11.9 Å². The third kappa shape index (κ3) is 4.68. The number of rotatable bonds is 7. The SMILES string of the molecule is CCNC(=NCCNc1ncnc2c1cnn2C)NC1CCN(C(=O)CC)C1. The molecule has 1 fully saturated rings. The first kappa shape index (κ1) is 19.8. The lowest BCUT2D eigenvalue weighted by Crippen LogP contribution is -2.45. The monoisotopic (exact) mass is 387 g/mol. The Balaban J connectivity index is 1.52. The summed E-state index contributed by atoms with van der Waals surface area (Å²) in [5.41, 5.74) is 0.795. The van der Waals surface area contributed by atoms with Gasteiger partial charge in [0.1, 0.15) is 12.1 Å². The summed E-state index contributed by atoms with van der Waals surface area (Å²) in [7, 11) is 1.86. The number of aliphatic imine (C=N–C) groups is 1. The van der Waals surface area contributed by atoms with E-state index in [2.05, 4.69) is 36.0 Å². The van der Waals surface area contributed by atoms with E-state index in [1.54, 1.807) is 10.9 Å². The number of aryl methyl sites for hydroxylation is 1. The minimum atomic E-state index is 0.210. The summed E-state index contributed by atoms with van der Waals surface area (Å²) in [4.78, 5) is 26.9. The summed E-state index contributed by atoms with van der Waals surface area (Å²) in [6, 6.07) is 0.234. The molecule has 0 aliphatic carbocycles. The predicted molar refractivity (Wildman–Crippen MR) is 109 cm³/mol. The zero-order valence-electron chi connectivity index (χ0n) is 16.8. The highest BCUT2D eigenvalue weighted by atomic mass is 16.2. The third-order valence-electron chi connectivity index (χ3n) is 4.73. The van der Waals surface area contributed by atoms with Gasteiger partial charge in [0.05, 0.1) is 18.1 Å². The van der Waals surface area contributed by atoms with Crippen molar-refractivity contribution in [2.75, 3.05) is 38.0 Å². The zero-order valence-corrected chi connectivity index (χ0v) is 16.8. The van der Waals surface area contributed by atoms with Gasteiger partial charge in [0.15, 0.2) is 11.6 Å². The Morgan fingerprint density at radius 3 is 3.00 bits per heavy atom. The van der Waals surface area contributed by atoms with E-state index in [4.69, 9.17) is 0 Å². The summed E-state index contributed by atoms with van der Waals surface area (Å²) in [6.07, 6.45) is 4.79. The molecule has 1 amide bonds. The fourth-order valence-corrected chi connectivity index (χ4v) is 3.29. The maximum atomic E-state index is 11.8. The number of amides is 1. The van der Waals surface area contributed by atoms with Crippen LogP contribution in [-0.2, 0) is 11.8 Å². The Bertz CT molecular complexity index is 832. The van der Waals surface area contributed by atoms with Crippen LogP contribution in [0.15, 0.2) is 17.5 Å². The number of aromatic nitrogens is 4. The van der Waals surface area contributed by atoms with Gasteiger partial charge in [-0.15, -0.1) is 0 Å². The standard InChI is InChI=1S/C18H29N9O/c1-4-15(28)27-9-6-13(11-27)25-18(19-5-2)21-8-7-20-16-14-10-24-26(3)17(14)23-12-22-16/h10,12-13H,4-9,11H2,1-3H3,(H2,19,21,25)(H,20,22,23). The number of carbonyl (C=O) groups excluding carboxylic acids is 1. The van der Waals surface area contributed by atoms with Crippen molar-refractivity contribution in [3.8, 4) is 0 Å². The second-order valence-electron chi connectivity index (χ2n) is 6.74. The molecule has 1 unspecified atom stereocenters. The average molecular weight is 387 g/mol. The minimum Gasteiger partial charge on any atom is -0.367 e. The largest absolute Gasteiger partial charge is 0.367 e. The number of anilines is 1. The van der Waals surface area contributed by atoms with Crippen molar-refractivity contribution in [2.45, 2.75) is 32.7 Å². The lowest BCUT2D eigenvalue weighted by atomic mass is 10.3. The molecule has 0 bridgehead atoms. The third-order valence-corrected chi connectivity index (χ3v) is 4.73. The number of nitrogens with one attached hydrogen (secondary N) is 3.